The summed E-state index contributed by atoms with van der Waals surface area (Å²) >= 11 is 0. The summed E-state index contributed by atoms with van der Waals surface area (Å²) in [5, 5.41) is 9.68. The lowest BCUT2D eigenvalue weighted by atomic mass is 10.1. The molecule has 0 spiro atoms. The minimum Gasteiger partial charge on any atom is -0.336 e. The second-order valence-electron chi connectivity index (χ2n) is 7.20. The first-order chi connectivity index (χ1) is 14.8. The number of nitrogens with two attached hydrogens (primary N) is 1. The average molecular weight is 442 g/mol. The van der Waals surface area contributed by atoms with Crippen molar-refractivity contribution in [3.63, 3.8) is 0 Å². The quantitative estimate of drug-likeness (QED) is 0.549. The topological polar surface area (TPSA) is 111 Å². The van der Waals surface area contributed by atoms with Gasteiger partial charge in [0.1, 0.15) is 5.82 Å². The molecule has 1 amide bonds. The number of benzene rings is 2. The Balaban J connectivity index is 2.00. The fourth-order valence-electron chi connectivity index (χ4n) is 3.21. The number of carbonyl (C=O) groups is 1. The first kappa shape index (κ1) is 22.6. The average Bonchev–Trinajstić information content (AvgIpc) is 3.18. The van der Waals surface area contributed by atoms with Crippen molar-refractivity contribution in [1.29, 1.82) is 0 Å². The van der Waals surface area contributed by atoms with E-state index in [1.165, 1.54) is 12.1 Å². The van der Waals surface area contributed by atoms with Gasteiger partial charge < -0.3 is 4.90 Å². The number of nitrogens with zero attached hydrogens (tertiary/aromatic N) is 4. The Kier molecular flexibility index (Phi) is 7.19. The van der Waals surface area contributed by atoms with Crippen LogP contribution in [0.4, 0.5) is 0 Å². The Morgan fingerprint density at radius 2 is 1.74 bits per heavy atom. The lowest BCUT2D eigenvalue weighted by Gasteiger charge is -2.18. The van der Waals surface area contributed by atoms with Crippen LogP contribution in [0.5, 0.6) is 0 Å². The molecule has 0 aliphatic rings. The van der Waals surface area contributed by atoms with E-state index in [0.29, 0.717) is 31.0 Å². The van der Waals surface area contributed by atoms with Gasteiger partial charge in [-0.25, -0.2) is 23.2 Å². The second-order valence-corrected chi connectivity index (χ2v) is 8.76. The van der Waals surface area contributed by atoms with Crippen molar-refractivity contribution in [2.45, 2.75) is 38.0 Å². The molecule has 1 heterocycles. The molecule has 164 valence electrons. The number of sulfonamides is 1. The van der Waals surface area contributed by atoms with Gasteiger partial charge >= 0.3 is 0 Å². The predicted molar refractivity (Wildman–Crippen MR) is 118 cm³/mol. The lowest BCUT2D eigenvalue weighted by Crippen LogP contribution is -2.32. The van der Waals surface area contributed by atoms with Crippen molar-refractivity contribution in [3.05, 3.63) is 71.8 Å². The molecule has 0 unspecified atom stereocenters. The molecule has 9 heteroatoms. The molecule has 0 saturated carbocycles. The Labute approximate surface area is 182 Å². The zero-order valence-corrected chi connectivity index (χ0v) is 18.5. The number of carbonyl (C=O) groups excluding carboxylic acids is 1. The van der Waals surface area contributed by atoms with Gasteiger partial charge in [-0.1, -0.05) is 43.7 Å². The molecule has 0 fully saturated rings. The van der Waals surface area contributed by atoms with Gasteiger partial charge in [0.2, 0.25) is 15.8 Å². The van der Waals surface area contributed by atoms with Crippen molar-refractivity contribution >= 4 is 15.9 Å². The summed E-state index contributed by atoms with van der Waals surface area (Å²) < 4.78 is 24.7. The van der Waals surface area contributed by atoms with Crippen molar-refractivity contribution in [2.75, 3.05) is 13.1 Å². The van der Waals surface area contributed by atoms with Gasteiger partial charge in [0.15, 0.2) is 0 Å². The third-order valence-corrected chi connectivity index (χ3v) is 5.86. The normalized spacial score (nSPS) is 11.5. The van der Waals surface area contributed by atoms with E-state index in [1.54, 1.807) is 21.7 Å². The third-order valence-electron chi connectivity index (χ3n) is 4.93. The number of aromatic nitrogens is 3. The molecule has 2 N–H and O–H groups in total. The van der Waals surface area contributed by atoms with Crippen molar-refractivity contribution in [2.24, 2.45) is 5.14 Å². The van der Waals surface area contributed by atoms with Gasteiger partial charge in [0, 0.05) is 19.5 Å². The second kappa shape index (κ2) is 9.84. The number of unbranched alkanes of at least 4 members (excludes halogenated alkanes) is 1. The van der Waals surface area contributed by atoms with Crippen LogP contribution in [0.15, 0.2) is 59.5 Å². The number of hydrogen-bond donors (Lipinski definition) is 1. The standard InChI is InChI=1S/C22H27N5O3S/c1-3-5-15-26(4-2)22(28)21-24-20(16-17-9-7-6-8-10-17)27(25-21)18-11-13-19(14-12-18)31(23,29)30/h6-14H,3-5,15-16H2,1-2H3,(H2,23,29,30). The van der Waals surface area contributed by atoms with Crippen LogP contribution in [0.2, 0.25) is 0 Å². The molecular weight excluding hydrogens is 414 g/mol. The monoisotopic (exact) mass is 441 g/mol. The van der Waals surface area contributed by atoms with E-state index < -0.39 is 10.0 Å². The van der Waals surface area contributed by atoms with E-state index in [1.807, 2.05) is 37.3 Å². The molecular formula is C22H27N5O3S. The van der Waals surface area contributed by atoms with Crippen LogP contribution in [0.1, 0.15) is 48.7 Å². The highest BCUT2D eigenvalue weighted by Crippen LogP contribution is 2.17. The smallest absolute Gasteiger partial charge is 0.293 e. The Morgan fingerprint density at radius 3 is 2.32 bits per heavy atom. The van der Waals surface area contributed by atoms with Crippen LogP contribution in [0, 0.1) is 0 Å². The van der Waals surface area contributed by atoms with Gasteiger partial charge in [-0.05, 0) is 43.2 Å². The number of hydrogen-bond acceptors (Lipinski definition) is 5. The molecule has 0 radical (unpaired) electrons. The van der Waals surface area contributed by atoms with E-state index >= 15 is 0 Å². The molecule has 3 rings (SSSR count). The van der Waals surface area contributed by atoms with Crippen molar-refractivity contribution in [3.8, 4) is 5.69 Å². The van der Waals surface area contributed by atoms with Crippen LogP contribution in [-0.4, -0.2) is 47.1 Å². The summed E-state index contributed by atoms with van der Waals surface area (Å²) in [7, 11) is -3.80. The van der Waals surface area contributed by atoms with Crippen LogP contribution in [-0.2, 0) is 16.4 Å². The fraction of sp³-hybridized carbons (Fsp3) is 0.318. The molecule has 31 heavy (non-hydrogen) atoms. The van der Waals surface area contributed by atoms with E-state index in [-0.39, 0.29) is 16.6 Å². The molecule has 8 nitrogen and oxygen atoms in total. The van der Waals surface area contributed by atoms with E-state index in [2.05, 4.69) is 17.0 Å². The van der Waals surface area contributed by atoms with Crippen molar-refractivity contribution in [1.82, 2.24) is 19.7 Å². The minimum atomic E-state index is -3.80. The van der Waals surface area contributed by atoms with E-state index in [9.17, 15) is 13.2 Å². The van der Waals surface area contributed by atoms with Gasteiger partial charge in [-0.2, -0.15) is 0 Å². The summed E-state index contributed by atoms with van der Waals surface area (Å²) in [6, 6.07) is 15.8. The van der Waals surface area contributed by atoms with Crippen LogP contribution >= 0.6 is 0 Å². The first-order valence-electron chi connectivity index (χ1n) is 10.3. The number of amides is 1. The van der Waals surface area contributed by atoms with E-state index in [0.717, 1.165) is 18.4 Å². The Hall–Kier alpha value is -3.04. The largest absolute Gasteiger partial charge is 0.336 e. The Morgan fingerprint density at radius 1 is 1.06 bits per heavy atom. The molecule has 0 aliphatic carbocycles. The maximum Gasteiger partial charge on any atom is 0.293 e. The lowest BCUT2D eigenvalue weighted by molar-refractivity contribution is 0.0750. The molecule has 0 bridgehead atoms. The molecule has 0 saturated heterocycles. The number of rotatable bonds is 9. The molecule has 0 atom stereocenters. The SMILES string of the molecule is CCCCN(CC)C(=O)c1nc(Cc2ccccc2)n(-c2ccc(S(N)(=O)=O)cc2)n1. The maximum absolute atomic E-state index is 13.0. The van der Waals surface area contributed by atoms with Crippen LogP contribution in [0.25, 0.3) is 5.69 Å². The third kappa shape index (κ3) is 5.56. The molecule has 1 aromatic heterocycles. The molecule has 3 aromatic rings. The van der Waals surface area contributed by atoms with Crippen LogP contribution in [0.3, 0.4) is 0 Å². The molecule has 2 aromatic carbocycles. The summed E-state index contributed by atoms with van der Waals surface area (Å²) in [5.41, 5.74) is 1.62. The summed E-state index contributed by atoms with van der Waals surface area (Å²) in [5.74, 6) is 0.494. The highest BCUT2D eigenvalue weighted by molar-refractivity contribution is 7.89. The van der Waals surface area contributed by atoms with Gasteiger partial charge in [-0.15, -0.1) is 5.10 Å². The summed E-state index contributed by atoms with van der Waals surface area (Å²) in [4.78, 5) is 19.3. The number of primary sulfonamides is 1. The van der Waals surface area contributed by atoms with Gasteiger partial charge in [0.05, 0.1) is 10.6 Å². The Bertz CT molecular complexity index is 1130. The van der Waals surface area contributed by atoms with E-state index in [4.69, 9.17) is 5.14 Å². The summed E-state index contributed by atoms with van der Waals surface area (Å²) in [6.07, 6.45) is 2.37. The minimum absolute atomic E-state index is 0.00833. The van der Waals surface area contributed by atoms with Crippen LogP contribution < -0.4 is 5.14 Å². The van der Waals surface area contributed by atoms with Gasteiger partial charge in [-0.3, -0.25) is 4.79 Å². The zero-order chi connectivity index (χ0) is 22.4. The first-order valence-corrected chi connectivity index (χ1v) is 11.8. The molecule has 0 aliphatic heterocycles. The summed E-state index contributed by atoms with van der Waals surface area (Å²) in [6.45, 7) is 5.23. The van der Waals surface area contributed by atoms with Gasteiger partial charge in [0.25, 0.3) is 5.91 Å². The maximum atomic E-state index is 13.0. The zero-order valence-electron chi connectivity index (χ0n) is 17.7. The predicted octanol–water partition coefficient (Wildman–Crippen LogP) is 2.77. The highest BCUT2D eigenvalue weighted by atomic mass is 32.2. The highest BCUT2D eigenvalue weighted by Gasteiger charge is 2.22. The van der Waals surface area contributed by atoms with Crippen molar-refractivity contribution < 1.29 is 13.2 Å². The fourth-order valence-corrected chi connectivity index (χ4v) is 3.72.